The Morgan fingerprint density at radius 2 is 0.380 bits per heavy atom. The van der Waals surface area contributed by atoms with E-state index in [2.05, 4.69) is 534 Å². The van der Waals surface area contributed by atoms with Gasteiger partial charge in [-0.2, -0.15) is 0 Å². The van der Waals surface area contributed by atoms with Crippen LogP contribution in [0.1, 0.15) is 22.3 Å². The summed E-state index contributed by atoms with van der Waals surface area (Å²) in [7, 11) is 0. The van der Waals surface area contributed by atoms with Crippen molar-refractivity contribution in [1.82, 2.24) is 41.1 Å². The van der Waals surface area contributed by atoms with Crippen LogP contribution in [-0.2, 0) is 6.54 Å². The van der Waals surface area contributed by atoms with E-state index in [9.17, 15) is 0 Å². The maximum absolute atomic E-state index is 3.99. The fraction of sp³-hybridized carbons (Fsp3) is 0.00752. The molecular weight excluding hydrogens is 1720 g/mol. The predicted molar refractivity (Wildman–Crippen MR) is 603 cm³/mol. The Labute approximate surface area is 817 Å². The van der Waals surface area contributed by atoms with Gasteiger partial charge < -0.3 is 41.1 Å². The van der Waals surface area contributed by atoms with E-state index in [1.165, 1.54) is 208 Å². The summed E-state index contributed by atoms with van der Waals surface area (Å²) in [6.45, 7) is 12.7. The molecule has 0 N–H and O–H groups in total. The largest absolute Gasteiger partial charge is 0.335 e. The van der Waals surface area contributed by atoms with Crippen molar-refractivity contribution in [1.29, 1.82) is 0 Å². The van der Waals surface area contributed by atoms with Gasteiger partial charge in [0.1, 0.15) is 0 Å². The first-order valence-electron chi connectivity index (χ1n) is 48.7. The number of fused-ring (bicyclic) bond motifs is 28. The molecule has 0 aliphatic rings. The van der Waals surface area contributed by atoms with Gasteiger partial charge in [-0.3, -0.25) is 0 Å². The topological polar surface area (TPSA) is 44.4 Å². The molecule has 9 heterocycles. The quantitative estimate of drug-likeness (QED) is 0.110. The molecule has 0 bridgehead atoms. The molecule has 0 amide bonds. The number of rotatable bonds is 13. The average Bonchev–Trinajstić information content (AvgIpc) is 1.54. The number of benzene rings is 21. The van der Waals surface area contributed by atoms with Gasteiger partial charge in [-0.15, -0.1) is 0 Å². The van der Waals surface area contributed by atoms with Gasteiger partial charge in [0.05, 0.1) is 99.3 Å². The van der Waals surface area contributed by atoms with Crippen molar-refractivity contribution >= 4 is 214 Å². The van der Waals surface area contributed by atoms with Crippen LogP contribution in [0.5, 0.6) is 0 Å². The summed E-state index contributed by atoms with van der Waals surface area (Å²) in [5.74, 6) is 0. The second-order valence-electron chi connectivity index (χ2n) is 37.2. The summed E-state index contributed by atoms with van der Waals surface area (Å²) in [4.78, 5) is 0. The van der Waals surface area contributed by atoms with Gasteiger partial charge in [0, 0.05) is 149 Å². The van der Waals surface area contributed by atoms with Crippen LogP contribution in [0.3, 0.4) is 0 Å². The first-order valence-corrected chi connectivity index (χ1v) is 48.7. The van der Waals surface area contributed by atoms with E-state index in [-0.39, 0.29) is 0 Å². The summed E-state index contributed by atoms with van der Waals surface area (Å²) >= 11 is 0. The second kappa shape index (κ2) is 32.6. The van der Waals surface area contributed by atoms with E-state index in [4.69, 9.17) is 0 Å². The molecule has 0 fully saturated rings. The molecule has 0 spiro atoms. The fourth-order valence-electron chi connectivity index (χ4n) is 23.3. The summed E-state index contributed by atoms with van der Waals surface area (Å²) < 4.78 is 21.8. The standard InChI is InChI=1S/C45H31N3.2C44H29N3/c1-2-30-20-22-31(23-21-30)29-46-43-28-33(48-39-17-9-6-14-34(39)35-15-7-10-18-40(35)48)24-25-36(43)37-26-27-42-44(45(37)46)38-16-8-11-19-41(38)47(42)32-12-4-3-5-13-32;1-2-29-20-22-31(23-21-29)46-41-19-11-8-16-35(41)37-27-38-36-26-32(47-39-17-9-6-14-33(39)34-15-7-10-18-40(34)47)24-25-42(36)45(44(38)28-43(37)46)30-12-4-3-5-13-30;1-2-29-20-22-31(23-21-29)46-42-26-32(47-39-17-9-6-14-33(39)34-15-7-10-18-40(34)47)24-25-36(42)38-28-43-37(27-44(38)46)35-16-8-11-19-41(35)45(43)30-12-4-3-5-13-30/h2-28H,1,29H2;2*2-28H,1H2. The van der Waals surface area contributed by atoms with Crippen molar-refractivity contribution in [3.8, 4) is 45.5 Å². The zero-order valence-corrected chi connectivity index (χ0v) is 77.6. The monoisotopic (exact) mass is 1810 g/mol. The van der Waals surface area contributed by atoms with Gasteiger partial charge in [0.2, 0.25) is 0 Å². The van der Waals surface area contributed by atoms with Gasteiger partial charge in [0.25, 0.3) is 0 Å². The molecular formula is C133H89N9. The molecule has 9 aromatic heterocycles. The summed E-state index contributed by atoms with van der Waals surface area (Å²) in [6, 6.07) is 172. The van der Waals surface area contributed by atoms with Crippen LogP contribution < -0.4 is 0 Å². The number of para-hydroxylation sites is 12. The lowest BCUT2D eigenvalue weighted by Gasteiger charge is -2.12. The Balaban J connectivity index is 0.000000104. The van der Waals surface area contributed by atoms with Crippen LogP contribution >= 0.6 is 0 Å². The molecule has 0 aliphatic heterocycles. The third kappa shape index (κ3) is 12.6. The summed E-state index contributed by atoms with van der Waals surface area (Å²) in [5.41, 5.74) is 35.5. The van der Waals surface area contributed by atoms with E-state index in [1.807, 2.05) is 18.2 Å². The van der Waals surface area contributed by atoms with Crippen LogP contribution in [0.15, 0.2) is 493 Å². The van der Waals surface area contributed by atoms with Crippen molar-refractivity contribution < 1.29 is 0 Å². The van der Waals surface area contributed by atoms with E-state index in [1.54, 1.807) is 0 Å². The molecule has 666 valence electrons. The van der Waals surface area contributed by atoms with Crippen molar-refractivity contribution in [3.05, 3.63) is 515 Å². The number of aromatic nitrogens is 9. The van der Waals surface area contributed by atoms with Crippen LogP contribution in [0.25, 0.3) is 260 Å². The van der Waals surface area contributed by atoms with Gasteiger partial charge in [-0.05, 0) is 210 Å². The summed E-state index contributed by atoms with van der Waals surface area (Å²) in [6.07, 6.45) is 5.70. The first kappa shape index (κ1) is 81.4. The Morgan fingerprint density at radius 3 is 0.775 bits per heavy atom. The zero-order chi connectivity index (χ0) is 93.9. The van der Waals surface area contributed by atoms with Gasteiger partial charge in [-0.25, -0.2) is 0 Å². The van der Waals surface area contributed by atoms with Gasteiger partial charge in [0.15, 0.2) is 0 Å². The highest BCUT2D eigenvalue weighted by Gasteiger charge is 2.27. The molecule has 0 radical (unpaired) electrons. The van der Waals surface area contributed by atoms with Gasteiger partial charge >= 0.3 is 0 Å². The number of nitrogens with zero attached hydrogens (tertiary/aromatic N) is 9. The Hall–Kier alpha value is -19.0. The third-order valence-corrected chi connectivity index (χ3v) is 29.6. The molecule has 0 unspecified atom stereocenters. The molecule has 9 nitrogen and oxygen atoms in total. The lowest BCUT2D eigenvalue weighted by molar-refractivity contribution is 0.871. The van der Waals surface area contributed by atoms with Crippen molar-refractivity contribution in [2.75, 3.05) is 0 Å². The summed E-state index contributed by atoms with van der Waals surface area (Å²) in [5, 5.41) is 22.6. The highest BCUT2D eigenvalue weighted by Crippen LogP contribution is 2.48. The van der Waals surface area contributed by atoms with Crippen molar-refractivity contribution in [2.45, 2.75) is 6.54 Å². The molecule has 9 heteroatoms. The molecule has 0 atom stereocenters. The lowest BCUT2D eigenvalue weighted by Crippen LogP contribution is -2.01. The Kier molecular flexibility index (Phi) is 18.7. The fourth-order valence-corrected chi connectivity index (χ4v) is 23.3. The number of hydrogen-bond donors (Lipinski definition) is 0. The predicted octanol–water partition coefficient (Wildman–Crippen LogP) is 34.9. The Bertz CT molecular complexity index is 10300. The van der Waals surface area contributed by atoms with E-state index < -0.39 is 0 Å². The second-order valence-corrected chi connectivity index (χ2v) is 37.2. The van der Waals surface area contributed by atoms with Crippen LogP contribution in [0.2, 0.25) is 0 Å². The maximum Gasteiger partial charge on any atom is 0.0596 e. The van der Waals surface area contributed by atoms with E-state index >= 15 is 0 Å². The molecule has 0 aliphatic carbocycles. The SMILES string of the molecule is C=Cc1ccc(-n2c3cc(-n4c5ccccc5c5ccccc54)ccc3c3cc4c(cc32)c2ccccc2n4-c2ccccc2)cc1.C=Cc1ccc(-n2c3ccccc3c3cc4c5cc(-n6c7ccccc7c7ccccc76)ccc5n(-c5ccccc5)c4cc32)cc1.C=Cc1ccc(Cn2c3cc(-n4c5ccccc5c5ccccc54)ccc3c3ccc4c(c5ccccc5n4-c4ccccc4)c32)cc1. The number of hydrogen-bond acceptors (Lipinski definition) is 0. The highest BCUT2D eigenvalue weighted by atomic mass is 15.1. The molecule has 142 heavy (non-hydrogen) atoms. The highest BCUT2D eigenvalue weighted by molar-refractivity contribution is 6.27. The van der Waals surface area contributed by atoms with Gasteiger partial charge in [-0.1, -0.05) is 323 Å². The Morgan fingerprint density at radius 1 is 0.148 bits per heavy atom. The minimum absolute atomic E-state index is 0.748. The lowest BCUT2D eigenvalue weighted by atomic mass is 10.1. The molecule has 30 rings (SSSR count). The molecule has 0 saturated heterocycles. The maximum atomic E-state index is 3.99. The van der Waals surface area contributed by atoms with Crippen LogP contribution in [-0.4, -0.2) is 41.1 Å². The minimum Gasteiger partial charge on any atom is -0.335 e. The van der Waals surface area contributed by atoms with Crippen molar-refractivity contribution in [3.63, 3.8) is 0 Å². The smallest absolute Gasteiger partial charge is 0.0596 e. The van der Waals surface area contributed by atoms with Crippen molar-refractivity contribution in [2.24, 2.45) is 0 Å². The molecule has 30 aromatic rings. The third-order valence-electron chi connectivity index (χ3n) is 29.6. The van der Waals surface area contributed by atoms with E-state index in [0.29, 0.717) is 0 Å². The first-order chi connectivity index (χ1) is 70.3. The van der Waals surface area contributed by atoms with E-state index in [0.717, 1.165) is 63.0 Å². The molecule has 0 saturated carbocycles. The van der Waals surface area contributed by atoms with Crippen LogP contribution in [0.4, 0.5) is 0 Å². The van der Waals surface area contributed by atoms with Crippen LogP contribution in [0, 0.1) is 0 Å². The minimum atomic E-state index is 0.748. The molecule has 21 aromatic carbocycles. The zero-order valence-electron chi connectivity index (χ0n) is 77.6. The normalized spacial score (nSPS) is 11.9. The average molecular weight is 1810 g/mol.